The van der Waals surface area contributed by atoms with Crippen molar-refractivity contribution >= 4 is 51.9 Å². The lowest BCUT2D eigenvalue weighted by Crippen LogP contribution is -2.27. The highest BCUT2D eigenvalue weighted by Gasteiger charge is 2.33. The molecule has 0 aliphatic carbocycles. The largest absolute Gasteiger partial charge is 0.493 e. The molecule has 1 aliphatic rings. The second kappa shape index (κ2) is 8.16. The summed E-state index contributed by atoms with van der Waals surface area (Å²) in [5, 5.41) is 8.66. The summed E-state index contributed by atoms with van der Waals surface area (Å²) in [6.07, 6.45) is 1.69. The zero-order chi connectivity index (χ0) is 18.5. The molecule has 0 spiro atoms. The van der Waals surface area contributed by atoms with Crippen LogP contribution in [0.1, 0.15) is 12.0 Å². The summed E-state index contributed by atoms with van der Waals surface area (Å²) in [5.74, 6) is -0.521. The minimum Gasteiger partial charge on any atom is -0.493 e. The van der Waals surface area contributed by atoms with E-state index in [0.717, 1.165) is 11.3 Å². The lowest BCUT2D eigenvalue weighted by atomic mass is 10.2. The monoisotopic (exact) mass is 385 g/mol. The molecule has 2 aromatic rings. The molecule has 132 valence electrons. The third-order valence-corrected chi connectivity index (χ3v) is 4.85. The van der Waals surface area contributed by atoms with Gasteiger partial charge in [0.05, 0.1) is 23.6 Å². The molecular weight excluding hydrogens is 370 g/mol. The van der Waals surface area contributed by atoms with E-state index in [-0.39, 0.29) is 18.9 Å². The Balaban J connectivity index is 1.77. The van der Waals surface area contributed by atoms with Crippen LogP contribution in [0.2, 0.25) is 0 Å². The molecule has 26 heavy (non-hydrogen) atoms. The standard InChI is InChI=1S/C19H15NO4S2/c21-17(22)9-10-24-15-8-4-5-13(11-15)12-16-18(23)20(19(25)26-16)14-6-2-1-3-7-14/h1-8,11-12H,9-10H2,(H,21,22)/b16-12+. The van der Waals surface area contributed by atoms with Gasteiger partial charge in [-0.15, -0.1) is 0 Å². The second-order valence-corrected chi connectivity index (χ2v) is 7.09. The van der Waals surface area contributed by atoms with Crippen LogP contribution in [0.4, 0.5) is 5.69 Å². The molecule has 0 saturated carbocycles. The molecule has 0 radical (unpaired) electrons. The second-order valence-electron chi connectivity index (χ2n) is 5.42. The first-order valence-electron chi connectivity index (χ1n) is 7.82. The smallest absolute Gasteiger partial charge is 0.306 e. The van der Waals surface area contributed by atoms with Crippen LogP contribution in [-0.2, 0) is 9.59 Å². The van der Waals surface area contributed by atoms with Crippen molar-refractivity contribution in [1.29, 1.82) is 0 Å². The summed E-state index contributed by atoms with van der Waals surface area (Å²) < 4.78 is 5.91. The molecule has 7 heteroatoms. The topological polar surface area (TPSA) is 66.8 Å². The predicted octanol–water partition coefficient (Wildman–Crippen LogP) is 3.95. The lowest BCUT2D eigenvalue weighted by Gasteiger charge is -2.13. The minimum atomic E-state index is -0.911. The first-order chi connectivity index (χ1) is 12.5. The van der Waals surface area contributed by atoms with E-state index in [1.165, 1.54) is 16.7 Å². The number of carboxylic acid groups (broad SMARTS) is 1. The van der Waals surface area contributed by atoms with E-state index < -0.39 is 5.97 Å². The molecular formula is C19H15NO4S2. The van der Waals surface area contributed by atoms with Gasteiger partial charge in [0.15, 0.2) is 4.32 Å². The van der Waals surface area contributed by atoms with Crippen molar-refractivity contribution in [3.05, 3.63) is 65.1 Å². The van der Waals surface area contributed by atoms with Gasteiger partial charge in [0.1, 0.15) is 5.75 Å². The molecule has 1 heterocycles. The van der Waals surface area contributed by atoms with Gasteiger partial charge in [0.25, 0.3) is 5.91 Å². The van der Waals surface area contributed by atoms with Crippen LogP contribution in [0.3, 0.4) is 0 Å². The zero-order valence-electron chi connectivity index (χ0n) is 13.6. The van der Waals surface area contributed by atoms with E-state index in [2.05, 4.69) is 0 Å². The van der Waals surface area contributed by atoms with Crippen molar-refractivity contribution in [1.82, 2.24) is 0 Å². The summed E-state index contributed by atoms with van der Waals surface area (Å²) in [6, 6.07) is 16.4. The number of thiocarbonyl (C=S) groups is 1. The summed E-state index contributed by atoms with van der Waals surface area (Å²) >= 11 is 6.60. The number of carbonyl (C=O) groups is 2. The molecule has 5 nitrogen and oxygen atoms in total. The van der Waals surface area contributed by atoms with E-state index in [1.54, 1.807) is 24.3 Å². The average molecular weight is 385 g/mol. The van der Waals surface area contributed by atoms with Gasteiger partial charge >= 0.3 is 5.97 Å². The number of carboxylic acids is 1. The Morgan fingerprint density at radius 1 is 1.19 bits per heavy atom. The molecule has 1 aliphatic heterocycles. The molecule has 1 saturated heterocycles. The van der Waals surface area contributed by atoms with Gasteiger partial charge in [0.2, 0.25) is 0 Å². The van der Waals surface area contributed by atoms with Gasteiger partial charge in [-0.2, -0.15) is 0 Å². The maximum atomic E-state index is 12.7. The number of rotatable bonds is 6. The van der Waals surface area contributed by atoms with Crippen LogP contribution in [0.25, 0.3) is 6.08 Å². The third-order valence-electron chi connectivity index (χ3n) is 3.55. The maximum absolute atomic E-state index is 12.7. The van der Waals surface area contributed by atoms with Crippen molar-refractivity contribution in [2.45, 2.75) is 6.42 Å². The van der Waals surface area contributed by atoms with Crippen LogP contribution >= 0.6 is 24.0 Å². The molecule has 1 fully saturated rings. The molecule has 2 aromatic carbocycles. The van der Waals surface area contributed by atoms with Gasteiger partial charge in [-0.3, -0.25) is 14.5 Å². The van der Waals surface area contributed by atoms with Crippen LogP contribution in [0.5, 0.6) is 5.75 Å². The predicted molar refractivity (Wildman–Crippen MR) is 106 cm³/mol. The number of aliphatic carboxylic acids is 1. The number of hydrogen-bond donors (Lipinski definition) is 1. The molecule has 1 N–H and O–H groups in total. The van der Waals surface area contributed by atoms with E-state index in [4.69, 9.17) is 22.1 Å². The first-order valence-corrected chi connectivity index (χ1v) is 9.05. The van der Waals surface area contributed by atoms with Crippen molar-refractivity contribution in [2.75, 3.05) is 11.5 Å². The number of amides is 1. The fourth-order valence-corrected chi connectivity index (χ4v) is 3.67. The Hall–Kier alpha value is -2.64. The Morgan fingerprint density at radius 3 is 2.69 bits per heavy atom. The minimum absolute atomic E-state index is 0.0695. The maximum Gasteiger partial charge on any atom is 0.306 e. The van der Waals surface area contributed by atoms with E-state index in [0.29, 0.717) is 15.0 Å². The summed E-state index contributed by atoms with van der Waals surface area (Å²) in [4.78, 5) is 25.3. The van der Waals surface area contributed by atoms with E-state index >= 15 is 0 Å². The summed E-state index contributed by atoms with van der Waals surface area (Å²) in [7, 11) is 0. The SMILES string of the molecule is O=C(O)CCOc1cccc(/C=C2/SC(=S)N(c3ccccc3)C2=O)c1. The van der Waals surface area contributed by atoms with Crippen LogP contribution in [0, 0.1) is 0 Å². The third kappa shape index (κ3) is 4.30. The van der Waals surface area contributed by atoms with Crippen molar-refractivity contribution < 1.29 is 19.4 Å². The quantitative estimate of drug-likeness (QED) is 0.600. The van der Waals surface area contributed by atoms with Crippen molar-refractivity contribution in [3.63, 3.8) is 0 Å². The van der Waals surface area contributed by atoms with E-state index in [9.17, 15) is 9.59 Å². The van der Waals surface area contributed by atoms with Crippen LogP contribution in [-0.4, -0.2) is 27.9 Å². The molecule has 0 bridgehead atoms. The number of anilines is 1. The number of carbonyl (C=O) groups excluding carboxylic acids is 1. The first kappa shape index (κ1) is 18.2. The number of ether oxygens (including phenoxy) is 1. The van der Waals surface area contributed by atoms with Crippen molar-refractivity contribution in [2.24, 2.45) is 0 Å². The Bertz CT molecular complexity index is 880. The van der Waals surface area contributed by atoms with Gasteiger partial charge < -0.3 is 9.84 Å². The normalized spacial score (nSPS) is 15.5. The molecule has 0 atom stereocenters. The molecule has 0 unspecified atom stereocenters. The fraction of sp³-hybridized carbons (Fsp3) is 0.105. The van der Waals surface area contributed by atoms with Gasteiger partial charge in [-0.1, -0.05) is 54.3 Å². The van der Waals surface area contributed by atoms with Crippen molar-refractivity contribution in [3.8, 4) is 5.75 Å². The highest BCUT2D eigenvalue weighted by molar-refractivity contribution is 8.27. The average Bonchev–Trinajstić information content (AvgIpc) is 2.89. The number of thioether (sulfide) groups is 1. The highest BCUT2D eigenvalue weighted by Crippen LogP contribution is 2.36. The fourth-order valence-electron chi connectivity index (χ4n) is 2.37. The summed E-state index contributed by atoms with van der Waals surface area (Å²) in [6.45, 7) is 0.0922. The molecule has 0 aromatic heterocycles. The zero-order valence-corrected chi connectivity index (χ0v) is 15.3. The lowest BCUT2D eigenvalue weighted by molar-refractivity contribution is -0.137. The van der Waals surface area contributed by atoms with Crippen LogP contribution in [0.15, 0.2) is 59.5 Å². The molecule has 1 amide bonds. The number of nitrogens with zero attached hydrogens (tertiary/aromatic N) is 1. The molecule has 3 rings (SSSR count). The number of hydrogen-bond acceptors (Lipinski definition) is 5. The van der Waals surface area contributed by atoms with E-state index in [1.807, 2.05) is 36.4 Å². The Labute approximate surface area is 160 Å². The van der Waals surface area contributed by atoms with Gasteiger partial charge in [-0.25, -0.2) is 0 Å². The van der Waals surface area contributed by atoms with Crippen LogP contribution < -0.4 is 9.64 Å². The van der Waals surface area contributed by atoms with Gasteiger partial charge in [0, 0.05) is 0 Å². The Morgan fingerprint density at radius 2 is 1.96 bits per heavy atom. The highest BCUT2D eigenvalue weighted by atomic mass is 32.2. The number of para-hydroxylation sites is 1. The number of benzene rings is 2. The Kier molecular flexibility index (Phi) is 5.70. The summed E-state index contributed by atoms with van der Waals surface area (Å²) in [5.41, 5.74) is 1.52. The van der Waals surface area contributed by atoms with Gasteiger partial charge in [-0.05, 0) is 35.9 Å².